The predicted octanol–water partition coefficient (Wildman–Crippen LogP) is 5.47. The van der Waals surface area contributed by atoms with Crippen LogP contribution in [-0.4, -0.2) is 6.61 Å². The third-order valence-corrected chi connectivity index (χ3v) is 3.75. The van der Waals surface area contributed by atoms with Gasteiger partial charge in [-0.05, 0) is 50.3 Å². The molecule has 0 N–H and O–H groups in total. The SMILES string of the molecule is ClC(/C=C/CCOc1ccccc1)=C1CCCCC1. The van der Waals surface area contributed by atoms with Gasteiger partial charge in [-0.25, -0.2) is 0 Å². The molecule has 0 unspecified atom stereocenters. The lowest BCUT2D eigenvalue weighted by molar-refractivity contribution is 0.325. The van der Waals surface area contributed by atoms with Crippen molar-refractivity contribution in [2.45, 2.75) is 38.5 Å². The van der Waals surface area contributed by atoms with Crippen molar-refractivity contribution in [3.63, 3.8) is 0 Å². The fourth-order valence-electron chi connectivity index (χ4n) is 2.28. The minimum absolute atomic E-state index is 0.694. The number of hydrogen-bond acceptors (Lipinski definition) is 1. The minimum atomic E-state index is 0.694. The normalized spacial score (nSPS) is 15.7. The topological polar surface area (TPSA) is 9.23 Å². The number of halogens is 1. The van der Waals surface area contributed by atoms with Gasteiger partial charge in [0.15, 0.2) is 0 Å². The van der Waals surface area contributed by atoms with Crippen molar-refractivity contribution in [3.8, 4) is 5.75 Å². The van der Waals surface area contributed by atoms with Crippen LogP contribution in [0.4, 0.5) is 0 Å². The summed E-state index contributed by atoms with van der Waals surface area (Å²) in [4.78, 5) is 0. The maximum Gasteiger partial charge on any atom is 0.119 e. The van der Waals surface area contributed by atoms with Gasteiger partial charge in [0.25, 0.3) is 0 Å². The molecule has 102 valence electrons. The van der Waals surface area contributed by atoms with Gasteiger partial charge >= 0.3 is 0 Å². The Labute approximate surface area is 120 Å². The van der Waals surface area contributed by atoms with Crippen LogP contribution in [0, 0.1) is 0 Å². The molecule has 0 aliphatic heterocycles. The van der Waals surface area contributed by atoms with Gasteiger partial charge in [0, 0.05) is 5.03 Å². The summed E-state index contributed by atoms with van der Waals surface area (Å²) in [6.45, 7) is 0.694. The van der Waals surface area contributed by atoms with Gasteiger partial charge < -0.3 is 4.74 Å². The zero-order valence-electron chi connectivity index (χ0n) is 11.3. The summed E-state index contributed by atoms with van der Waals surface area (Å²) in [5.74, 6) is 0.924. The third-order valence-electron chi connectivity index (χ3n) is 3.36. The first-order valence-electron chi connectivity index (χ1n) is 7.08. The van der Waals surface area contributed by atoms with E-state index in [2.05, 4.69) is 6.08 Å². The van der Waals surface area contributed by atoms with Gasteiger partial charge in [0.2, 0.25) is 0 Å². The largest absolute Gasteiger partial charge is 0.493 e. The van der Waals surface area contributed by atoms with Crippen molar-refractivity contribution in [3.05, 3.63) is 53.1 Å². The van der Waals surface area contributed by atoms with Crippen molar-refractivity contribution in [1.82, 2.24) is 0 Å². The maximum absolute atomic E-state index is 6.31. The second kappa shape index (κ2) is 8.06. The van der Waals surface area contributed by atoms with E-state index < -0.39 is 0 Å². The van der Waals surface area contributed by atoms with E-state index in [1.807, 2.05) is 36.4 Å². The van der Waals surface area contributed by atoms with Crippen LogP contribution in [0.5, 0.6) is 5.75 Å². The van der Waals surface area contributed by atoms with E-state index in [1.165, 1.54) is 37.7 Å². The van der Waals surface area contributed by atoms with Crippen LogP contribution in [0.3, 0.4) is 0 Å². The van der Waals surface area contributed by atoms with Crippen LogP contribution in [0.25, 0.3) is 0 Å². The highest BCUT2D eigenvalue weighted by Crippen LogP contribution is 2.27. The van der Waals surface area contributed by atoms with Crippen LogP contribution in [0.15, 0.2) is 53.1 Å². The van der Waals surface area contributed by atoms with Crippen LogP contribution in [0.1, 0.15) is 38.5 Å². The number of hydrogen-bond donors (Lipinski definition) is 0. The quantitative estimate of drug-likeness (QED) is 0.648. The second-order valence-corrected chi connectivity index (χ2v) is 5.27. The summed E-state index contributed by atoms with van der Waals surface area (Å²) in [6.07, 6.45) is 11.3. The second-order valence-electron chi connectivity index (χ2n) is 4.86. The monoisotopic (exact) mass is 276 g/mol. The van der Waals surface area contributed by atoms with Gasteiger partial charge in [0.05, 0.1) is 6.61 Å². The smallest absolute Gasteiger partial charge is 0.119 e. The van der Waals surface area contributed by atoms with Crippen LogP contribution in [-0.2, 0) is 0 Å². The van der Waals surface area contributed by atoms with Crippen molar-refractivity contribution in [2.75, 3.05) is 6.61 Å². The molecule has 1 aromatic rings. The summed E-state index contributed by atoms with van der Waals surface area (Å²) >= 11 is 6.31. The van der Waals surface area contributed by atoms with E-state index in [4.69, 9.17) is 16.3 Å². The zero-order valence-corrected chi connectivity index (χ0v) is 12.0. The average molecular weight is 277 g/mol. The first kappa shape index (κ1) is 14.2. The van der Waals surface area contributed by atoms with Crippen molar-refractivity contribution < 1.29 is 4.74 Å². The molecule has 19 heavy (non-hydrogen) atoms. The number of para-hydroxylation sites is 1. The Kier molecular flexibility index (Phi) is 6.03. The Morgan fingerprint density at radius 3 is 2.58 bits per heavy atom. The Morgan fingerprint density at radius 1 is 1.11 bits per heavy atom. The fourth-order valence-corrected chi connectivity index (χ4v) is 2.56. The average Bonchev–Trinajstić information content (AvgIpc) is 2.49. The standard InChI is InChI=1S/C17H21ClO/c18-17(15-9-3-1-4-10-15)13-7-8-14-19-16-11-5-2-6-12-16/h2,5-7,11-13H,1,3-4,8-10,14H2/b13-7+. The molecule has 1 fully saturated rings. The summed E-state index contributed by atoms with van der Waals surface area (Å²) in [6, 6.07) is 9.90. The Hall–Kier alpha value is -1.21. The molecule has 0 heterocycles. The van der Waals surface area contributed by atoms with Gasteiger partial charge in [-0.15, -0.1) is 0 Å². The van der Waals surface area contributed by atoms with Gasteiger partial charge in [-0.3, -0.25) is 0 Å². The van der Waals surface area contributed by atoms with Crippen LogP contribution in [0.2, 0.25) is 0 Å². The molecule has 0 atom stereocenters. The van der Waals surface area contributed by atoms with E-state index in [0.29, 0.717) is 6.61 Å². The van der Waals surface area contributed by atoms with Crippen LogP contribution >= 0.6 is 11.6 Å². The highest BCUT2D eigenvalue weighted by molar-refractivity contribution is 6.31. The first-order valence-corrected chi connectivity index (χ1v) is 7.46. The molecule has 2 heteroatoms. The molecule has 1 nitrogen and oxygen atoms in total. The Bertz CT molecular complexity index is 426. The molecule has 1 aliphatic carbocycles. The molecule has 1 aliphatic rings. The summed E-state index contributed by atoms with van der Waals surface area (Å²) in [7, 11) is 0. The first-order chi connectivity index (χ1) is 9.36. The number of rotatable bonds is 5. The van der Waals surface area contributed by atoms with Crippen molar-refractivity contribution in [1.29, 1.82) is 0 Å². The lowest BCUT2D eigenvalue weighted by Crippen LogP contribution is -1.96. The Morgan fingerprint density at radius 2 is 1.84 bits per heavy atom. The highest BCUT2D eigenvalue weighted by atomic mass is 35.5. The molecule has 2 rings (SSSR count). The third kappa shape index (κ3) is 5.12. The number of ether oxygens (including phenoxy) is 1. The fraction of sp³-hybridized carbons (Fsp3) is 0.412. The molecule has 0 aromatic heterocycles. The molecule has 0 spiro atoms. The predicted molar refractivity (Wildman–Crippen MR) is 81.7 cm³/mol. The molecule has 1 saturated carbocycles. The zero-order chi connectivity index (χ0) is 13.3. The van der Waals surface area contributed by atoms with E-state index in [1.54, 1.807) is 0 Å². The van der Waals surface area contributed by atoms with Gasteiger partial charge in [-0.1, -0.05) is 47.9 Å². The molecule has 0 amide bonds. The van der Waals surface area contributed by atoms with Crippen molar-refractivity contribution in [2.24, 2.45) is 0 Å². The lowest BCUT2D eigenvalue weighted by Gasteiger charge is -2.14. The number of benzene rings is 1. The van der Waals surface area contributed by atoms with Gasteiger partial charge in [0.1, 0.15) is 5.75 Å². The summed E-state index contributed by atoms with van der Waals surface area (Å²) in [5, 5.41) is 0.944. The summed E-state index contributed by atoms with van der Waals surface area (Å²) < 4.78 is 5.62. The molecule has 1 aromatic carbocycles. The lowest BCUT2D eigenvalue weighted by atomic mass is 9.94. The summed E-state index contributed by atoms with van der Waals surface area (Å²) in [5.41, 5.74) is 1.42. The van der Waals surface area contributed by atoms with Crippen molar-refractivity contribution >= 4 is 11.6 Å². The highest BCUT2D eigenvalue weighted by Gasteiger charge is 2.07. The molecular weight excluding hydrogens is 256 g/mol. The minimum Gasteiger partial charge on any atom is -0.493 e. The molecular formula is C17H21ClO. The molecule has 0 saturated heterocycles. The molecule has 0 radical (unpaired) electrons. The van der Waals surface area contributed by atoms with E-state index >= 15 is 0 Å². The van der Waals surface area contributed by atoms with Gasteiger partial charge in [-0.2, -0.15) is 0 Å². The van der Waals surface area contributed by atoms with E-state index in [9.17, 15) is 0 Å². The van der Waals surface area contributed by atoms with E-state index in [-0.39, 0.29) is 0 Å². The van der Waals surface area contributed by atoms with Crippen LogP contribution < -0.4 is 4.74 Å². The van der Waals surface area contributed by atoms with E-state index in [0.717, 1.165) is 17.2 Å². The maximum atomic E-state index is 6.31. The molecule has 0 bridgehead atoms. The Balaban J connectivity index is 1.71. The number of allylic oxidation sites excluding steroid dienone is 3.